The van der Waals surface area contributed by atoms with Crippen LogP contribution in [0.4, 0.5) is 5.69 Å². The van der Waals surface area contributed by atoms with Gasteiger partial charge in [-0.05, 0) is 67.4 Å². The zero-order chi connectivity index (χ0) is 21.4. The van der Waals surface area contributed by atoms with Crippen molar-refractivity contribution in [3.63, 3.8) is 0 Å². The smallest absolute Gasteiger partial charge is 0.267 e. The molecule has 5 nitrogen and oxygen atoms in total. The van der Waals surface area contributed by atoms with Crippen molar-refractivity contribution in [2.45, 2.75) is 45.1 Å². The van der Waals surface area contributed by atoms with Gasteiger partial charge in [0.05, 0.1) is 22.3 Å². The molecule has 0 N–H and O–H groups in total. The van der Waals surface area contributed by atoms with Crippen LogP contribution in [-0.4, -0.2) is 31.8 Å². The Balaban J connectivity index is 1.51. The number of aromatic nitrogens is 2. The largest absolute Gasteiger partial charge is 0.283 e. The van der Waals surface area contributed by atoms with Crippen molar-refractivity contribution in [2.75, 3.05) is 0 Å². The van der Waals surface area contributed by atoms with E-state index in [2.05, 4.69) is 36.3 Å². The Bertz CT molecular complexity index is 1190. The zero-order valence-corrected chi connectivity index (χ0v) is 18.7. The number of nitrogens with zero attached hydrogens (tertiary/aromatic N) is 4. The van der Waals surface area contributed by atoms with E-state index in [0.717, 1.165) is 45.1 Å². The normalized spacial score (nSPS) is 20.5. The van der Waals surface area contributed by atoms with Crippen LogP contribution in [0, 0.1) is 6.92 Å². The lowest BCUT2D eigenvalue weighted by molar-refractivity contribution is -0.124. The van der Waals surface area contributed by atoms with Gasteiger partial charge in [-0.25, -0.2) is 4.99 Å². The summed E-state index contributed by atoms with van der Waals surface area (Å²) in [5, 5.41) is 6.19. The summed E-state index contributed by atoms with van der Waals surface area (Å²) < 4.78 is 1.86. The molecule has 0 unspecified atom stereocenters. The number of hydrogen-bond acceptors (Lipinski definition) is 4. The molecule has 0 bridgehead atoms. The lowest BCUT2D eigenvalue weighted by atomic mass is 9.94. The Morgan fingerprint density at radius 3 is 2.65 bits per heavy atom. The molecule has 1 aromatic heterocycles. The van der Waals surface area contributed by atoms with E-state index in [0.29, 0.717) is 0 Å². The first-order valence-corrected chi connectivity index (χ1v) is 11.7. The fourth-order valence-electron chi connectivity index (χ4n) is 4.38. The molecule has 1 aliphatic heterocycles. The maximum atomic E-state index is 13.5. The number of amidine groups is 1. The van der Waals surface area contributed by atoms with Crippen LogP contribution in [0.1, 0.15) is 43.2 Å². The first-order chi connectivity index (χ1) is 15.1. The van der Waals surface area contributed by atoms with Crippen molar-refractivity contribution in [1.29, 1.82) is 0 Å². The number of carbonyl (C=O) groups excluding carboxylic acids is 1. The van der Waals surface area contributed by atoms with E-state index in [-0.39, 0.29) is 11.9 Å². The number of hydrogen-bond donors (Lipinski definition) is 0. The van der Waals surface area contributed by atoms with Gasteiger partial charge in [-0.2, -0.15) is 5.10 Å². The van der Waals surface area contributed by atoms with E-state index in [9.17, 15) is 4.79 Å². The van der Waals surface area contributed by atoms with Gasteiger partial charge in [-0.3, -0.25) is 14.4 Å². The number of carbonyl (C=O) groups is 1. The zero-order valence-electron chi connectivity index (χ0n) is 17.9. The second-order valence-electron chi connectivity index (χ2n) is 8.39. The van der Waals surface area contributed by atoms with Gasteiger partial charge >= 0.3 is 0 Å². The van der Waals surface area contributed by atoms with Crippen LogP contribution in [0.15, 0.2) is 58.6 Å². The number of aliphatic imine (C=N–C) groups is 1. The maximum absolute atomic E-state index is 13.5. The third-order valence-electron chi connectivity index (χ3n) is 6.10. The summed E-state index contributed by atoms with van der Waals surface area (Å²) in [5.41, 5.74) is 4.18. The third-order valence-corrected chi connectivity index (χ3v) is 7.09. The predicted molar refractivity (Wildman–Crippen MR) is 128 cm³/mol. The molecule has 2 aromatic carbocycles. The lowest BCUT2D eigenvalue weighted by Crippen LogP contribution is -2.40. The highest BCUT2D eigenvalue weighted by Crippen LogP contribution is 2.38. The van der Waals surface area contributed by atoms with E-state index < -0.39 is 0 Å². The highest BCUT2D eigenvalue weighted by atomic mass is 32.2. The Labute approximate surface area is 186 Å². The van der Waals surface area contributed by atoms with Crippen molar-refractivity contribution in [3.8, 4) is 0 Å². The van der Waals surface area contributed by atoms with Crippen LogP contribution in [0.25, 0.3) is 17.0 Å². The molecule has 6 heteroatoms. The molecule has 1 saturated carbocycles. The SMILES string of the molecule is Cc1ccc(/N=C2\S/C(=C\c3ccc4c(cnn4C)c3)C(=O)N2C2CCCCC2)cc1. The van der Waals surface area contributed by atoms with E-state index in [1.165, 1.54) is 36.6 Å². The standard InChI is InChI=1S/C25H26N4OS/c1-17-8-11-20(12-9-17)27-25-29(21-6-4-3-5-7-21)24(30)23(31-25)15-18-10-13-22-19(14-18)16-26-28(22)2/h8-16,21H,3-7H2,1-2H3/b23-15-,27-25-. The van der Waals surface area contributed by atoms with Gasteiger partial charge in [0.25, 0.3) is 5.91 Å². The predicted octanol–water partition coefficient (Wildman–Crippen LogP) is 5.82. The molecular formula is C25H26N4OS. The first kappa shape index (κ1) is 20.1. The minimum atomic E-state index is 0.0778. The Morgan fingerprint density at radius 1 is 1.10 bits per heavy atom. The van der Waals surface area contributed by atoms with Gasteiger partial charge in [0.15, 0.2) is 5.17 Å². The quantitative estimate of drug-likeness (QED) is 0.492. The number of rotatable bonds is 3. The molecular weight excluding hydrogens is 404 g/mol. The van der Waals surface area contributed by atoms with Gasteiger partial charge in [-0.1, -0.05) is 43.0 Å². The second-order valence-corrected chi connectivity index (χ2v) is 9.40. The highest BCUT2D eigenvalue weighted by molar-refractivity contribution is 8.18. The fourth-order valence-corrected chi connectivity index (χ4v) is 5.44. The summed E-state index contributed by atoms with van der Waals surface area (Å²) in [6.07, 6.45) is 9.56. The minimum Gasteiger partial charge on any atom is -0.283 e. The monoisotopic (exact) mass is 430 g/mol. The fraction of sp³-hybridized carbons (Fsp3) is 0.320. The summed E-state index contributed by atoms with van der Waals surface area (Å²) in [6.45, 7) is 2.07. The molecule has 3 aromatic rings. The molecule has 2 aliphatic rings. The van der Waals surface area contributed by atoms with Crippen LogP contribution >= 0.6 is 11.8 Å². The molecule has 2 heterocycles. The maximum Gasteiger partial charge on any atom is 0.267 e. The van der Waals surface area contributed by atoms with Gasteiger partial charge < -0.3 is 0 Å². The van der Waals surface area contributed by atoms with Gasteiger partial charge in [0, 0.05) is 18.5 Å². The van der Waals surface area contributed by atoms with E-state index in [4.69, 9.17) is 4.99 Å². The van der Waals surface area contributed by atoms with E-state index in [1.54, 1.807) is 0 Å². The number of aryl methyl sites for hydroxylation is 2. The van der Waals surface area contributed by atoms with Crippen molar-refractivity contribution < 1.29 is 4.79 Å². The summed E-state index contributed by atoms with van der Waals surface area (Å²) >= 11 is 1.49. The van der Waals surface area contributed by atoms with Gasteiger partial charge in [0.2, 0.25) is 0 Å². The summed E-state index contributed by atoms with van der Waals surface area (Å²) in [7, 11) is 1.94. The minimum absolute atomic E-state index is 0.0778. The van der Waals surface area contributed by atoms with Crippen LogP contribution in [0.5, 0.6) is 0 Å². The molecule has 2 fully saturated rings. The molecule has 0 atom stereocenters. The molecule has 1 aliphatic carbocycles. The topological polar surface area (TPSA) is 50.5 Å². The molecule has 158 valence electrons. The Morgan fingerprint density at radius 2 is 1.87 bits per heavy atom. The van der Waals surface area contributed by atoms with Crippen molar-refractivity contribution in [2.24, 2.45) is 12.0 Å². The van der Waals surface area contributed by atoms with Crippen molar-refractivity contribution >= 4 is 45.5 Å². The molecule has 1 saturated heterocycles. The second kappa shape index (κ2) is 8.35. The molecule has 0 radical (unpaired) electrons. The summed E-state index contributed by atoms with van der Waals surface area (Å²) in [4.78, 5) is 21.0. The van der Waals surface area contributed by atoms with Crippen LogP contribution < -0.4 is 0 Å². The molecule has 5 rings (SSSR count). The average Bonchev–Trinajstić information content (AvgIpc) is 3.30. The van der Waals surface area contributed by atoms with E-state index >= 15 is 0 Å². The average molecular weight is 431 g/mol. The Hall–Kier alpha value is -2.86. The highest BCUT2D eigenvalue weighted by Gasteiger charge is 2.38. The van der Waals surface area contributed by atoms with Gasteiger partial charge in [0.1, 0.15) is 0 Å². The number of amides is 1. The number of fused-ring (bicyclic) bond motifs is 1. The lowest BCUT2D eigenvalue weighted by Gasteiger charge is -2.30. The summed E-state index contributed by atoms with van der Waals surface area (Å²) in [6, 6.07) is 14.6. The third kappa shape index (κ3) is 4.04. The van der Waals surface area contributed by atoms with Crippen LogP contribution in [0.3, 0.4) is 0 Å². The Kier molecular flexibility index (Phi) is 5.40. The molecule has 0 spiro atoms. The number of thioether (sulfide) groups is 1. The summed E-state index contributed by atoms with van der Waals surface area (Å²) in [5.74, 6) is 0.0778. The van der Waals surface area contributed by atoms with Crippen LogP contribution in [0.2, 0.25) is 0 Å². The van der Waals surface area contributed by atoms with Crippen molar-refractivity contribution in [3.05, 3.63) is 64.7 Å². The van der Waals surface area contributed by atoms with E-state index in [1.807, 2.05) is 47.1 Å². The van der Waals surface area contributed by atoms with Crippen molar-refractivity contribution in [1.82, 2.24) is 14.7 Å². The van der Waals surface area contributed by atoms with Gasteiger partial charge in [-0.15, -0.1) is 0 Å². The first-order valence-electron chi connectivity index (χ1n) is 10.9. The molecule has 31 heavy (non-hydrogen) atoms. The molecule has 1 amide bonds. The number of benzene rings is 2. The van der Waals surface area contributed by atoms with Crippen LogP contribution in [-0.2, 0) is 11.8 Å².